The molecule has 0 fully saturated rings. The van der Waals surface area contributed by atoms with Gasteiger partial charge >= 0.3 is 0 Å². The van der Waals surface area contributed by atoms with Crippen molar-refractivity contribution in [3.63, 3.8) is 0 Å². The van der Waals surface area contributed by atoms with E-state index in [0.29, 0.717) is 0 Å². The second-order valence-corrected chi connectivity index (χ2v) is 28.5. The van der Waals surface area contributed by atoms with Gasteiger partial charge in [0.15, 0.2) is 0 Å². The Morgan fingerprint density at radius 1 is 1.05 bits per heavy atom. The van der Waals surface area contributed by atoms with Gasteiger partial charge in [-0.1, -0.05) is 17.7 Å². The Morgan fingerprint density at radius 2 is 1.47 bits per heavy atom. The van der Waals surface area contributed by atoms with Gasteiger partial charge in [-0.25, -0.2) is 10.5 Å². The van der Waals surface area contributed by atoms with E-state index in [1.807, 2.05) is 0 Å². The van der Waals surface area contributed by atoms with E-state index >= 15 is 0 Å². The molecule has 19 heavy (non-hydrogen) atoms. The Hall–Kier alpha value is 0.0600. The van der Waals surface area contributed by atoms with Gasteiger partial charge in [-0.2, -0.15) is 0 Å². The third-order valence-electron chi connectivity index (χ3n) is 4.13. The molecule has 0 saturated carbocycles. The predicted molar refractivity (Wildman–Crippen MR) is 100 cm³/mol. The summed E-state index contributed by atoms with van der Waals surface area (Å²) in [6.07, 6.45) is 9.50. The monoisotopic (exact) mass is 397 g/mol. The van der Waals surface area contributed by atoms with E-state index in [-0.39, 0.29) is 4.87 Å². The lowest BCUT2D eigenvalue weighted by Gasteiger charge is -2.75. The van der Waals surface area contributed by atoms with Crippen molar-refractivity contribution in [3.05, 3.63) is 29.8 Å². The zero-order valence-electron chi connectivity index (χ0n) is 13.5. The van der Waals surface area contributed by atoms with Crippen molar-refractivity contribution in [1.29, 1.82) is 0 Å². The van der Waals surface area contributed by atoms with Crippen LogP contribution >= 0.6 is 26.7 Å². The van der Waals surface area contributed by atoms with Crippen LogP contribution in [0.1, 0.15) is 19.4 Å². The van der Waals surface area contributed by atoms with E-state index in [4.69, 9.17) is 4.84 Å². The molecule has 112 valence electrons. The first-order valence-corrected chi connectivity index (χ1v) is 13.0. The van der Waals surface area contributed by atoms with Crippen LogP contribution in [0.4, 0.5) is 5.69 Å². The summed E-state index contributed by atoms with van der Waals surface area (Å²) in [5.74, 6) is 0. The summed E-state index contributed by atoms with van der Waals surface area (Å²) in [5, 5.41) is 2.06. The maximum Gasteiger partial charge on any atom is 0.0872 e. The van der Waals surface area contributed by atoms with Gasteiger partial charge in [0, 0.05) is 0 Å². The second-order valence-electron chi connectivity index (χ2n) is 7.72. The number of rotatable bonds is 4. The van der Waals surface area contributed by atoms with Crippen LogP contribution in [-0.4, -0.2) is 37.0 Å². The van der Waals surface area contributed by atoms with E-state index in [0.717, 1.165) is 5.69 Å². The van der Waals surface area contributed by atoms with E-state index in [1.165, 1.54) is 5.56 Å². The molecular weight excluding hydrogens is 369 g/mol. The number of benzene rings is 1. The molecule has 0 aliphatic rings. The van der Waals surface area contributed by atoms with E-state index < -0.39 is 5.47 Å². The van der Waals surface area contributed by atoms with E-state index in [2.05, 4.69) is 96.3 Å². The predicted octanol–water partition coefficient (Wildman–Crippen LogP) is 4.84. The molecule has 0 aromatic heterocycles. The molecule has 0 amide bonds. The van der Waals surface area contributed by atoms with Gasteiger partial charge in [0.1, 0.15) is 0 Å². The first kappa shape index (κ1) is 17.1. The molecule has 0 aliphatic heterocycles. The summed E-state index contributed by atoms with van der Waals surface area (Å²) < 4.78 is 0. The first-order chi connectivity index (χ1) is 8.19. The summed E-state index contributed by atoms with van der Waals surface area (Å²) in [5.41, 5.74) is 0.0557. The number of aryl methyl sites for hydroxylation is 1. The second kappa shape index (κ2) is 4.28. The summed E-state index contributed by atoms with van der Waals surface area (Å²) in [7, 11) is 1.75. The largest absolute Gasteiger partial charge is 0.276 e. The highest BCUT2D eigenvalue weighted by atomic mass is 127. The SMILES string of the molecule is CON(c1ccc(C)cc1)C(C)(C)S(C)(C)(C)(C)I. The molecule has 0 saturated heterocycles. The van der Waals surface area contributed by atoms with Crippen LogP contribution in [0.2, 0.25) is 0 Å². The quantitative estimate of drug-likeness (QED) is 0.532. The fourth-order valence-electron chi connectivity index (χ4n) is 1.68. The summed E-state index contributed by atoms with van der Waals surface area (Å²) >= 11 is 2.66. The molecule has 0 unspecified atom stereocenters. The van der Waals surface area contributed by atoms with Crippen LogP contribution in [0, 0.1) is 6.92 Å². The fraction of sp³-hybridized carbons (Fsp3) is 0.600. The Morgan fingerprint density at radius 3 is 1.79 bits per heavy atom. The molecule has 0 radical (unpaired) electrons. The minimum atomic E-state index is -2.31. The molecule has 4 heteroatoms. The molecule has 0 aliphatic carbocycles. The number of hydrogen-bond acceptors (Lipinski definition) is 2. The molecule has 2 nitrogen and oxygen atoms in total. The Labute approximate surface area is 129 Å². The van der Waals surface area contributed by atoms with Crippen LogP contribution in [0.15, 0.2) is 24.3 Å². The zero-order chi connectivity index (χ0) is 15.2. The summed E-state index contributed by atoms with van der Waals surface area (Å²) in [6, 6.07) is 8.50. The van der Waals surface area contributed by atoms with Gasteiger partial charge in [0.05, 0.1) is 17.7 Å². The maximum atomic E-state index is 5.76. The lowest BCUT2D eigenvalue weighted by molar-refractivity contribution is 0.136. The van der Waals surface area contributed by atoms with E-state index in [9.17, 15) is 0 Å². The molecule has 1 rings (SSSR count). The third-order valence-corrected chi connectivity index (χ3v) is 11.9. The number of anilines is 1. The molecule has 0 heterocycles. The molecule has 0 bridgehead atoms. The van der Waals surface area contributed by atoms with Gasteiger partial charge < -0.3 is 0 Å². The first-order valence-electron chi connectivity index (χ1n) is 6.35. The molecule has 1 aromatic rings. The third kappa shape index (κ3) is 3.39. The minimum Gasteiger partial charge on any atom is -0.276 e. The van der Waals surface area contributed by atoms with Crippen molar-refractivity contribution in [2.45, 2.75) is 25.6 Å². The number of hydrogen-bond donors (Lipinski definition) is 0. The Balaban J connectivity index is 3.36. The smallest absolute Gasteiger partial charge is 0.0872 e. The average molecular weight is 397 g/mol. The molecule has 0 atom stereocenters. The number of nitrogens with zero attached hydrogens (tertiary/aromatic N) is 1. The molecular formula is C15H28INOS. The lowest BCUT2D eigenvalue weighted by atomic mass is 10.2. The fourth-order valence-corrected chi connectivity index (χ4v) is 3.12. The van der Waals surface area contributed by atoms with Crippen LogP contribution in [-0.2, 0) is 4.84 Å². The van der Waals surface area contributed by atoms with Gasteiger partial charge in [0.25, 0.3) is 0 Å². The number of hydroxylamine groups is 1. The highest BCUT2D eigenvalue weighted by Crippen LogP contribution is 2.93. The van der Waals surface area contributed by atoms with Crippen molar-refractivity contribution in [2.75, 3.05) is 37.2 Å². The lowest BCUT2D eigenvalue weighted by Crippen LogP contribution is -2.56. The van der Waals surface area contributed by atoms with Crippen molar-refractivity contribution >= 4 is 32.4 Å². The zero-order valence-corrected chi connectivity index (χ0v) is 16.4. The number of halogens is 1. The summed E-state index contributed by atoms with van der Waals surface area (Å²) in [6.45, 7) is 6.64. The summed E-state index contributed by atoms with van der Waals surface area (Å²) in [4.78, 5) is 5.65. The van der Waals surface area contributed by atoms with Crippen LogP contribution < -0.4 is 5.06 Å². The average Bonchev–Trinajstić information content (AvgIpc) is 2.17. The topological polar surface area (TPSA) is 12.5 Å². The van der Waals surface area contributed by atoms with Crippen LogP contribution in [0.3, 0.4) is 0 Å². The normalized spacial score (nSPS) is 16.7. The standard InChI is InChI=1S/C15H28INOS/c1-13-9-11-14(12-10-13)17(18-4)15(2,3)19(5,6,7,8)16/h9-12H,1-8H3. The molecule has 0 N–H and O–H groups in total. The molecule has 0 spiro atoms. The molecule has 1 aromatic carbocycles. The van der Waals surface area contributed by atoms with Gasteiger partial charge in [-0.15, -0.1) is 0 Å². The van der Waals surface area contributed by atoms with Crippen LogP contribution in [0.25, 0.3) is 0 Å². The van der Waals surface area contributed by atoms with Crippen molar-refractivity contribution < 1.29 is 4.84 Å². The van der Waals surface area contributed by atoms with Gasteiger partial charge in [-0.3, -0.25) is 4.84 Å². The van der Waals surface area contributed by atoms with Crippen molar-refractivity contribution in [1.82, 2.24) is 0 Å². The minimum absolute atomic E-state index is 0.107. The van der Waals surface area contributed by atoms with Gasteiger partial charge in [-0.05, 0) is 79.1 Å². The van der Waals surface area contributed by atoms with E-state index in [1.54, 1.807) is 7.11 Å². The Bertz CT molecular complexity index is 459. The highest BCUT2D eigenvalue weighted by molar-refractivity contribution is 14.2. The van der Waals surface area contributed by atoms with Crippen molar-refractivity contribution in [3.8, 4) is 0 Å². The Kier molecular flexibility index (Phi) is 3.85. The maximum absolute atomic E-state index is 5.76. The van der Waals surface area contributed by atoms with Crippen LogP contribution in [0.5, 0.6) is 0 Å². The van der Waals surface area contributed by atoms with Crippen molar-refractivity contribution in [2.24, 2.45) is 0 Å². The highest BCUT2D eigenvalue weighted by Gasteiger charge is 2.57. The van der Waals surface area contributed by atoms with Gasteiger partial charge in [0.2, 0.25) is 0 Å².